The average Bonchev–Trinajstić information content (AvgIpc) is 2.59. The van der Waals surface area contributed by atoms with Gasteiger partial charge in [-0.05, 0) is 30.3 Å². The van der Waals surface area contributed by atoms with Gasteiger partial charge in [0.15, 0.2) is 0 Å². The number of nitrogens with one attached hydrogen (secondary N) is 1. The van der Waals surface area contributed by atoms with Crippen LogP contribution in [0.4, 0.5) is 11.4 Å². The molecule has 0 aliphatic rings. The summed E-state index contributed by atoms with van der Waals surface area (Å²) in [5, 5.41) is 14.1. The van der Waals surface area contributed by atoms with Crippen molar-refractivity contribution in [2.45, 2.75) is 6.54 Å². The van der Waals surface area contributed by atoms with E-state index in [0.717, 1.165) is 10.6 Å². The molecule has 1 amide bonds. The molecule has 3 rings (SSSR count). The number of amides is 1. The summed E-state index contributed by atoms with van der Waals surface area (Å²) >= 11 is 5.77. The van der Waals surface area contributed by atoms with E-state index >= 15 is 0 Å². The number of rotatable bonds is 4. The maximum atomic E-state index is 12.4. The third-order valence-corrected chi connectivity index (χ3v) is 3.71. The SMILES string of the molecule is O=C(Cn1cnc2ccc([N+](=O)[O-])cc2c1=O)Nc1ccc(Cl)cc1. The van der Waals surface area contributed by atoms with Crippen LogP contribution in [-0.2, 0) is 11.3 Å². The van der Waals surface area contributed by atoms with Crippen LogP contribution in [0, 0.1) is 10.1 Å². The molecule has 126 valence electrons. The van der Waals surface area contributed by atoms with Gasteiger partial charge in [0.1, 0.15) is 6.54 Å². The van der Waals surface area contributed by atoms with Crippen molar-refractivity contribution in [3.05, 3.63) is 74.3 Å². The minimum atomic E-state index is -0.594. The van der Waals surface area contributed by atoms with Crippen molar-refractivity contribution < 1.29 is 9.72 Å². The zero-order valence-corrected chi connectivity index (χ0v) is 13.4. The summed E-state index contributed by atoms with van der Waals surface area (Å²) < 4.78 is 1.09. The molecule has 0 fully saturated rings. The van der Waals surface area contributed by atoms with Crippen LogP contribution in [0.2, 0.25) is 5.02 Å². The fourth-order valence-electron chi connectivity index (χ4n) is 2.26. The molecular weight excluding hydrogens is 348 g/mol. The lowest BCUT2D eigenvalue weighted by atomic mass is 10.2. The van der Waals surface area contributed by atoms with Gasteiger partial charge in [-0.15, -0.1) is 0 Å². The highest BCUT2D eigenvalue weighted by atomic mass is 35.5. The predicted molar refractivity (Wildman–Crippen MR) is 92.7 cm³/mol. The Morgan fingerprint density at radius 1 is 1.24 bits per heavy atom. The van der Waals surface area contributed by atoms with Gasteiger partial charge in [-0.2, -0.15) is 0 Å². The van der Waals surface area contributed by atoms with E-state index in [1.807, 2.05) is 0 Å². The van der Waals surface area contributed by atoms with Gasteiger partial charge in [0.2, 0.25) is 5.91 Å². The van der Waals surface area contributed by atoms with Crippen LogP contribution in [0.1, 0.15) is 0 Å². The second-order valence-electron chi connectivity index (χ2n) is 5.19. The first-order valence-corrected chi connectivity index (χ1v) is 7.51. The number of benzene rings is 2. The number of carbonyl (C=O) groups is 1. The van der Waals surface area contributed by atoms with Crippen LogP contribution >= 0.6 is 11.6 Å². The van der Waals surface area contributed by atoms with E-state index in [-0.39, 0.29) is 17.6 Å². The van der Waals surface area contributed by atoms with Crippen LogP contribution in [0.15, 0.2) is 53.6 Å². The third-order valence-electron chi connectivity index (χ3n) is 3.46. The maximum Gasteiger partial charge on any atom is 0.270 e. The Kier molecular flexibility index (Phi) is 4.44. The third kappa shape index (κ3) is 3.64. The Labute approximate surface area is 145 Å². The van der Waals surface area contributed by atoms with Gasteiger partial charge in [-0.1, -0.05) is 11.6 Å². The summed E-state index contributed by atoms with van der Waals surface area (Å²) in [6, 6.07) is 10.3. The molecule has 9 heteroatoms. The number of hydrogen-bond donors (Lipinski definition) is 1. The van der Waals surface area contributed by atoms with E-state index in [0.29, 0.717) is 16.2 Å². The molecule has 1 N–H and O–H groups in total. The first kappa shape index (κ1) is 16.6. The molecule has 1 aromatic heterocycles. The molecule has 3 aromatic rings. The summed E-state index contributed by atoms with van der Waals surface area (Å²) in [6.45, 7) is -0.271. The highest BCUT2D eigenvalue weighted by molar-refractivity contribution is 6.30. The molecule has 1 heterocycles. The van der Waals surface area contributed by atoms with Gasteiger partial charge in [-0.3, -0.25) is 24.3 Å². The second-order valence-corrected chi connectivity index (χ2v) is 5.63. The zero-order valence-electron chi connectivity index (χ0n) is 12.7. The fraction of sp³-hybridized carbons (Fsp3) is 0.0625. The number of carbonyl (C=O) groups excluding carboxylic acids is 1. The quantitative estimate of drug-likeness (QED) is 0.569. The number of halogens is 1. The van der Waals surface area contributed by atoms with Gasteiger partial charge in [0.25, 0.3) is 11.2 Å². The van der Waals surface area contributed by atoms with Gasteiger partial charge in [-0.25, -0.2) is 4.98 Å². The molecule has 2 aromatic carbocycles. The van der Waals surface area contributed by atoms with Crippen molar-refractivity contribution >= 4 is 39.8 Å². The van der Waals surface area contributed by atoms with Crippen LogP contribution in [0.3, 0.4) is 0 Å². The van der Waals surface area contributed by atoms with Crippen LogP contribution in [-0.4, -0.2) is 20.4 Å². The van der Waals surface area contributed by atoms with Crippen molar-refractivity contribution in [2.75, 3.05) is 5.32 Å². The summed E-state index contributed by atoms with van der Waals surface area (Å²) in [5.74, 6) is -0.434. The summed E-state index contributed by atoms with van der Waals surface area (Å²) in [7, 11) is 0. The molecule has 25 heavy (non-hydrogen) atoms. The molecule has 0 bridgehead atoms. The Morgan fingerprint density at radius 3 is 2.64 bits per heavy atom. The van der Waals surface area contributed by atoms with Gasteiger partial charge < -0.3 is 5.32 Å². The lowest BCUT2D eigenvalue weighted by Gasteiger charge is -2.08. The molecule has 0 unspecified atom stereocenters. The largest absolute Gasteiger partial charge is 0.325 e. The molecule has 0 atom stereocenters. The minimum Gasteiger partial charge on any atom is -0.325 e. The summed E-state index contributed by atoms with van der Waals surface area (Å²) in [4.78, 5) is 38.8. The molecule has 0 radical (unpaired) electrons. The Bertz CT molecular complexity index is 1030. The number of anilines is 1. The van der Waals surface area contributed by atoms with Gasteiger partial charge in [0, 0.05) is 22.8 Å². The van der Waals surface area contributed by atoms with Crippen molar-refractivity contribution in [1.82, 2.24) is 9.55 Å². The smallest absolute Gasteiger partial charge is 0.270 e. The lowest BCUT2D eigenvalue weighted by Crippen LogP contribution is -2.27. The normalized spacial score (nSPS) is 10.6. The van der Waals surface area contributed by atoms with Gasteiger partial charge >= 0.3 is 0 Å². The number of non-ortho nitro benzene ring substituents is 1. The standard InChI is InChI=1S/C16H11ClN4O4/c17-10-1-3-11(4-2-10)19-15(22)8-20-9-18-14-6-5-12(21(24)25)7-13(14)16(20)23/h1-7,9H,8H2,(H,19,22). The average molecular weight is 359 g/mol. The summed E-state index contributed by atoms with van der Waals surface area (Å²) in [6.07, 6.45) is 1.23. The van der Waals surface area contributed by atoms with Crippen LogP contribution in [0.25, 0.3) is 10.9 Å². The zero-order chi connectivity index (χ0) is 18.0. The van der Waals surface area contributed by atoms with E-state index in [2.05, 4.69) is 10.3 Å². The van der Waals surface area contributed by atoms with E-state index in [1.54, 1.807) is 24.3 Å². The van der Waals surface area contributed by atoms with Crippen molar-refractivity contribution in [3.63, 3.8) is 0 Å². The minimum absolute atomic E-state index is 0.0796. The molecule has 0 aliphatic heterocycles. The predicted octanol–water partition coefficient (Wildman–Crippen LogP) is 2.60. The van der Waals surface area contributed by atoms with Crippen molar-refractivity contribution in [1.29, 1.82) is 0 Å². The molecule has 0 spiro atoms. The first-order chi connectivity index (χ1) is 11.9. The van der Waals surface area contributed by atoms with E-state index in [4.69, 9.17) is 11.6 Å². The van der Waals surface area contributed by atoms with Gasteiger partial charge in [0.05, 0.1) is 22.2 Å². The Morgan fingerprint density at radius 2 is 1.96 bits per heavy atom. The molecule has 0 saturated heterocycles. The van der Waals surface area contributed by atoms with E-state index < -0.39 is 16.4 Å². The number of nitro groups is 1. The van der Waals surface area contributed by atoms with Crippen LogP contribution < -0.4 is 10.9 Å². The van der Waals surface area contributed by atoms with Crippen molar-refractivity contribution in [3.8, 4) is 0 Å². The molecular formula is C16H11ClN4O4. The van der Waals surface area contributed by atoms with Crippen LogP contribution in [0.5, 0.6) is 0 Å². The van der Waals surface area contributed by atoms with Crippen molar-refractivity contribution in [2.24, 2.45) is 0 Å². The topological polar surface area (TPSA) is 107 Å². The second kappa shape index (κ2) is 6.70. The highest BCUT2D eigenvalue weighted by Gasteiger charge is 2.12. The van der Waals surface area contributed by atoms with E-state index in [9.17, 15) is 19.7 Å². The fourth-order valence-corrected chi connectivity index (χ4v) is 2.39. The molecule has 0 aliphatic carbocycles. The number of fused-ring (bicyclic) bond motifs is 1. The first-order valence-electron chi connectivity index (χ1n) is 7.13. The Hall–Kier alpha value is -3.26. The maximum absolute atomic E-state index is 12.4. The highest BCUT2D eigenvalue weighted by Crippen LogP contribution is 2.16. The number of hydrogen-bond acceptors (Lipinski definition) is 5. The number of aromatic nitrogens is 2. The Balaban J connectivity index is 1.86. The molecule has 8 nitrogen and oxygen atoms in total. The lowest BCUT2D eigenvalue weighted by molar-refractivity contribution is -0.384. The monoisotopic (exact) mass is 358 g/mol. The van der Waals surface area contributed by atoms with E-state index in [1.165, 1.54) is 18.5 Å². The summed E-state index contributed by atoms with van der Waals surface area (Å²) in [5.41, 5.74) is 0.117. The molecule has 0 saturated carbocycles. The number of nitrogens with zero attached hydrogens (tertiary/aromatic N) is 3. The number of nitro benzene ring substituents is 1.